The number of thioether (sulfide) groups is 1. The van der Waals surface area contributed by atoms with E-state index in [0.717, 1.165) is 26.1 Å². The van der Waals surface area contributed by atoms with Crippen molar-refractivity contribution in [1.29, 1.82) is 0 Å². The van der Waals surface area contributed by atoms with Gasteiger partial charge in [0.15, 0.2) is 0 Å². The Morgan fingerprint density at radius 3 is 2.53 bits per heavy atom. The van der Waals surface area contributed by atoms with Crippen LogP contribution in [0.25, 0.3) is 0 Å². The van der Waals surface area contributed by atoms with E-state index >= 15 is 0 Å². The lowest BCUT2D eigenvalue weighted by Gasteiger charge is -2.29. The summed E-state index contributed by atoms with van der Waals surface area (Å²) in [5, 5.41) is 4.01. The van der Waals surface area contributed by atoms with E-state index in [1.807, 2.05) is 23.6 Å². The molecule has 0 saturated carbocycles. The van der Waals surface area contributed by atoms with Crippen molar-refractivity contribution in [2.75, 3.05) is 25.9 Å². The minimum absolute atomic E-state index is 0.0258. The Labute approximate surface area is 110 Å². The first-order chi connectivity index (χ1) is 8.15. The molecule has 4 heteroatoms. The van der Waals surface area contributed by atoms with Gasteiger partial charge in [0.2, 0.25) is 5.91 Å². The molecular weight excluding hydrogens is 232 g/mol. The summed E-state index contributed by atoms with van der Waals surface area (Å²) in [6.07, 6.45) is 6.87. The SMILES string of the molecule is CSC(C)CCNC(C)C(=O)N1CCCCC1. The second-order valence-corrected chi connectivity index (χ2v) is 6.17. The van der Waals surface area contributed by atoms with Gasteiger partial charge in [-0.3, -0.25) is 4.79 Å². The first-order valence-electron chi connectivity index (χ1n) is 6.70. The van der Waals surface area contributed by atoms with Crippen LogP contribution in [-0.4, -0.2) is 48.0 Å². The van der Waals surface area contributed by atoms with Crippen molar-refractivity contribution in [2.24, 2.45) is 0 Å². The molecule has 0 radical (unpaired) electrons. The highest BCUT2D eigenvalue weighted by molar-refractivity contribution is 7.99. The van der Waals surface area contributed by atoms with Crippen LogP contribution in [0, 0.1) is 0 Å². The van der Waals surface area contributed by atoms with Gasteiger partial charge in [-0.1, -0.05) is 6.92 Å². The Bertz CT molecular complexity index is 229. The fraction of sp³-hybridized carbons (Fsp3) is 0.923. The molecule has 1 N–H and O–H groups in total. The quantitative estimate of drug-likeness (QED) is 0.792. The van der Waals surface area contributed by atoms with Crippen LogP contribution in [0.4, 0.5) is 0 Å². The summed E-state index contributed by atoms with van der Waals surface area (Å²) >= 11 is 1.88. The third kappa shape index (κ3) is 5.30. The summed E-state index contributed by atoms with van der Waals surface area (Å²) in [4.78, 5) is 14.1. The van der Waals surface area contributed by atoms with Crippen LogP contribution >= 0.6 is 11.8 Å². The van der Waals surface area contributed by atoms with Crippen molar-refractivity contribution < 1.29 is 4.79 Å². The summed E-state index contributed by atoms with van der Waals surface area (Å²) < 4.78 is 0. The zero-order valence-electron chi connectivity index (χ0n) is 11.4. The lowest BCUT2D eigenvalue weighted by Crippen LogP contribution is -2.47. The van der Waals surface area contributed by atoms with Gasteiger partial charge >= 0.3 is 0 Å². The molecule has 2 unspecified atom stereocenters. The van der Waals surface area contributed by atoms with E-state index in [2.05, 4.69) is 18.5 Å². The maximum atomic E-state index is 12.1. The summed E-state index contributed by atoms with van der Waals surface area (Å²) in [5.74, 6) is 0.279. The summed E-state index contributed by atoms with van der Waals surface area (Å²) in [5.41, 5.74) is 0. The number of nitrogens with zero attached hydrogens (tertiary/aromatic N) is 1. The Morgan fingerprint density at radius 1 is 1.29 bits per heavy atom. The van der Waals surface area contributed by atoms with Crippen LogP contribution in [0.5, 0.6) is 0 Å². The van der Waals surface area contributed by atoms with E-state index in [1.165, 1.54) is 19.3 Å². The molecule has 1 heterocycles. The van der Waals surface area contributed by atoms with Gasteiger partial charge in [-0.05, 0) is 45.4 Å². The molecule has 0 aromatic carbocycles. The van der Waals surface area contributed by atoms with E-state index in [4.69, 9.17) is 0 Å². The maximum Gasteiger partial charge on any atom is 0.239 e. The number of likely N-dealkylation sites (tertiary alicyclic amines) is 1. The van der Waals surface area contributed by atoms with Gasteiger partial charge in [0, 0.05) is 18.3 Å². The third-order valence-electron chi connectivity index (χ3n) is 3.44. The zero-order valence-corrected chi connectivity index (χ0v) is 12.2. The fourth-order valence-electron chi connectivity index (χ4n) is 2.10. The molecule has 1 amide bonds. The Balaban J connectivity index is 2.21. The molecule has 0 aromatic heterocycles. The van der Waals surface area contributed by atoms with Gasteiger partial charge in [0.1, 0.15) is 0 Å². The number of hydrogen-bond acceptors (Lipinski definition) is 3. The highest BCUT2D eigenvalue weighted by Crippen LogP contribution is 2.11. The van der Waals surface area contributed by atoms with Crippen molar-refractivity contribution in [1.82, 2.24) is 10.2 Å². The number of rotatable bonds is 6. The van der Waals surface area contributed by atoms with Crippen molar-refractivity contribution in [3.63, 3.8) is 0 Å². The van der Waals surface area contributed by atoms with Crippen LogP contribution in [0.3, 0.4) is 0 Å². The number of hydrogen-bond donors (Lipinski definition) is 1. The van der Waals surface area contributed by atoms with Crippen LogP contribution in [0.15, 0.2) is 0 Å². The molecule has 2 atom stereocenters. The van der Waals surface area contributed by atoms with E-state index < -0.39 is 0 Å². The molecule has 1 aliphatic heterocycles. The maximum absolute atomic E-state index is 12.1. The third-order valence-corrected chi connectivity index (χ3v) is 4.48. The second kappa shape index (κ2) is 7.98. The largest absolute Gasteiger partial charge is 0.341 e. The highest BCUT2D eigenvalue weighted by atomic mass is 32.2. The molecule has 0 aromatic rings. The van der Waals surface area contributed by atoms with Crippen LogP contribution in [0.2, 0.25) is 0 Å². The molecule has 3 nitrogen and oxygen atoms in total. The van der Waals surface area contributed by atoms with Crippen molar-refractivity contribution in [2.45, 2.75) is 50.8 Å². The standard InChI is InChI=1S/C13H26N2OS/c1-11(17-3)7-8-14-12(2)13(16)15-9-5-4-6-10-15/h11-12,14H,4-10H2,1-3H3. The second-order valence-electron chi connectivity index (χ2n) is 4.90. The van der Waals surface area contributed by atoms with E-state index in [9.17, 15) is 4.79 Å². The normalized spacial score (nSPS) is 20.1. The lowest BCUT2D eigenvalue weighted by atomic mass is 10.1. The minimum atomic E-state index is -0.0258. The smallest absolute Gasteiger partial charge is 0.239 e. The average Bonchev–Trinajstić information content (AvgIpc) is 2.38. The van der Waals surface area contributed by atoms with Crippen LogP contribution < -0.4 is 5.32 Å². The number of carbonyl (C=O) groups is 1. The Kier molecular flexibility index (Phi) is 6.97. The molecule has 100 valence electrons. The predicted molar refractivity (Wildman–Crippen MR) is 75.5 cm³/mol. The van der Waals surface area contributed by atoms with Gasteiger partial charge in [0.05, 0.1) is 6.04 Å². The Hall–Kier alpha value is -0.220. The summed E-state index contributed by atoms with van der Waals surface area (Å²) in [6, 6.07) is -0.0258. The first-order valence-corrected chi connectivity index (χ1v) is 7.99. The van der Waals surface area contributed by atoms with Gasteiger partial charge in [0.25, 0.3) is 0 Å². The zero-order chi connectivity index (χ0) is 12.7. The molecule has 1 fully saturated rings. The topological polar surface area (TPSA) is 32.3 Å². The molecular formula is C13H26N2OS. The predicted octanol–water partition coefficient (Wildman–Crippen LogP) is 2.12. The number of nitrogens with one attached hydrogen (secondary N) is 1. The number of piperidine rings is 1. The van der Waals surface area contributed by atoms with E-state index in [1.54, 1.807) is 0 Å². The van der Waals surface area contributed by atoms with E-state index in [0.29, 0.717) is 5.25 Å². The molecule has 1 rings (SSSR count). The van der Waals surface area contributed by atoms with Gasteiger partial charge in [-0.2, -0.15) is 11.8 Å². The van der Waals surface area contributed by atoms with Crippen molar-refractivity contribution in [3.05, 3.63) is 0 Å². The van der Waals surface area contributed by atoms with Gasteiger partial charge < -0.3 is 10.2 Å². The molecule has 1 aliphatic rings. The van der Waals surface area contributed by atoms with Crippen LogP contribution in [-0.2, 0) is 4.79 Å². The fourth-order valence-corrected chi connectivity index (χ4v) is 2.45. The van der Waals surface area contributed by atoms with Gasteiger partial charge in [-0.15, -0.1) is 0 Å². The monoisotopic (exact) mass is 258 g/mol. The van der Waals surface area contributed by atoms with Gasteiger partial charge in [-0.25, -0.2) is 0 Å². The summed E-state index contributed by atoms with van der Waals surface area (Å²) in [7, 11) is 0. The molecule has 0 bridgehead atoms. The summed E-state index contributed by atoms with van der Waals surface area (Å²) in [6.45, 7) is 7.05. The average molecular weight is 258 g/mol. The highest BCUT2D eigenvalue weighted by Gasteiger charge is 2.21. The molecule has 0 aliphatic carbocycles. The molecule has 17 heavy (non-hydrogen) atoms. The van der Waals surface area contributed by atoms with E-state index in [-0.39, 0.29) is 11.9 Å². The molecule has 0 spiro atoms. The first kappa shape index (κ1) is 14.8. The van der Waals surface area contributed by atoms with Crippen molar-refractivity contribution >= 4 is 17.7 Å². The van der Waals surface area contributed by atoms with Crippen LogP contribution in [0.1, 0.15) is 39.5 Å². The Morgan fingerprint density at radius 2 is 1.94 bits per heavy atom. The number of carbonyl (C=O) groups excluding carboxylic acids is 1. The minimum Gasteiger partial charge on any atom is -0.341 e. The number of amides is 1. The van der Waals surface area contributed by atoms with Crippen molar-refractivity contribution in [3.8, 4) is 0 Å². The molecule has 1 saturated heterocycles. The lowest BCUT2D eigenvalue weighted by molar-refractivity contribution is -0.133.